The maximum atomic E-state index is 11.7. The van der Waals surface area contributed by atoms with Gasteiger partial charge in [-0.3, -0.25) is 4.79 Å². The molecule has 18 heavy (non-hydrogen) atoms. The number of amides is 1. The molecule has 100 valence electrons. The molecule has 0 bridgehead atoms. The van der Waals surface area contributed by atoms with Gasteiger partial charge in [0.1, 0.15) is 0 Å². The van der Waals surface area contributed by atoms with Crippen LogP contribution in [0.5, 0.6) is 0 Å². The molecule has 0 spiro atoms. The monoisotopic (exact) mass is 265 g/mol. The molecule has 1 aromatic rings. The number of benzene rings is 1. The highest BCUT2D eigenvalue weighted by molar-refractivity contribution is 7.81. The standard InChI is InChI=1S/C15H23NOS/c1-10(2)13-7-5-12(6-8-13)9-16-15(17)14(18)11(3)4/h5-8,10-11,14,18H,9H2,1-4H3,(H,16,17). The van der Waals surface area contributed by atoms with Crippen molar-refractivity contribution in [1.29, 1.82) is 0 Å². The Morgan fingerprint density at radius 2 is 1.72 bits per heavy atom. The average Bonchev–Trinajstić information content (AvgIpc) is 2.35. The molecule has 1 unspecified atom stereocenters. The zero-order chi connectivity index (χ0) is 13.7. The molecule has 0 radical (unpaired) electrons. The van der Waals surface area contributed by atoms with Crippen molar-refractivity contribution < 1.29 is 4.79 Å². The van der Waals surface area contributed by atoms with E-state index in [1.807, 2.05) is 13.8 Å². The molecule has 0 aliphatic rings. The summed E-state index contributed by atoms with van der Waals surface area (Å²) in [5.74, 6) is 0.786. The molecule has 1 atom stereocenters. The summed E-state index contributed by atoms with van der Waals surface area (Å²) in [6, 6.07) is 8.37. The number of nitrogens with one attached hydrogen (secondary N) is 1. The summed E-state index contributed by atoms with van der Waals surface area (Å²) in [7, 11) is 0. The second kappa shape index (κ2) is 6.83. The maximum Gasteiger partial charge on any atom is 0.233 e. The van der Waals surface area contributed by atoms with Gasteiger partial charge in [0.25, 0.3) is 0 Å². The zero-order valence-corrected chi connectivity index (χ0v) is 12.5. The fourth-order valence-electron chi connectivity index (χ4n) is 1.62. The number of rotatable bonds is 5. The van der Waals surface area contributed by atoms with E-state index in [1.54, 1.807) is 0 Å². The minimum absolute atomic E-state index is 0.00118. The number of carbonyl (C=O) groups is 1. The van der Waals surface area contributed by atoms with E-state index >= 15 is 0 Å². The van der Waals surface area contributed by atoms with E-state index in [4.69, 9.17) is 0 Å². The Morgan fingerprint density at radius 3 is 2.17 bits per heavy atom. The smallest absolute Gasteiger partial charge is 0.233 e. The number of hydrogen-bond donors (Lipinski definition) is 2. The third-order valence-corrected chi connectivity index (χ3v) is 3.84. The van der Waals surface area contributed by atoms with E-state index in [2.05, 4.69) is 56.1 Å². The molecule has 0 fully saturated rings. The van der Waals surface area contributed by atoms with E-state index < -0.39 is 0 Å². The van der Waals surface area contributed by atoms with Crippen molar-refractivity contribution >= 4 is 18.5 Å². The van der Waals surface area contributed by atoms with E-state index in [1.165, 1.54) is 5.56 Å². The van der Waals surface area contributed by atoms with Crippen LogP contribution < -0.4 is 5.32 Å². The molecule has 1 aromatic carbocycles. The predicted molar refractivity (Wildman–Crippen MR) is 80.0 cm³/mol. The molecular weight excluding hydrogens is 242 g/mol. The third-order valence-electron chi connectivity index (χ3n) is 3.01. The van der Waals surface area contributed by atoms with E-state index in [-0.39, 0.29) is 17.1 Å². The molecule has 1 rings (SSSR count). The maximum absolute atomic E-state index is 11.7. The number of carbonyl (C=O) groups excluding carboxylic acids is 1. The molecule has 0 aliphatic heterocycles. The second-order valence-electron chi connectivity index (χ2n) is 5.30. The van der Waals surface area contributed by atoms with Gasteiger partial charge in [-0.25, -0.2) is 0 Å². The molecule has 2 nitrogen and oxygen atoms in total. The Kier molecular flexibility index (Phi) is 5.73. The fourth-order valence-corrected chi connectivity index (χ4v) is 1.71. The summed E-state index contributed by atoms with van der Waals surface area (Å²) in [6.45, 7) is 8.90. The van der Waals surface area contributed by atoms with Gasteiger partial charge in [-0.1, -0.05) is 52.0 Å². The molecule has 0 saturated heterocycles. The first-order chi connectivity index (χ1) is 8.41. The first-order valence-corrected chi connectivity index (χ1v) is 6.98. The first kappa shape index (κ1) is 15.1. The molecule has 0 heterocycles. The Morgan fingerprint density at radius 1 is 1.17 bits per heavy atom. The van der Waals surface area contributed by atoms with Crippen LogP contribution in [0.3, 0.4) is 0 Å². The predicted octanol–water partition coefficient (Wildman–Crippen LogP) is 3.38. The van der Waals surface area contributed by atoms with E-state index in [9.17, 15) is 4.79 Å². The fraction of sp³-hybridized carbons (Fsp3) is 0.533. The molecule has 0 saturated carbocycles. The van der Waals surface area contributed by atoms with Crippen LogP contribution in [-0.2, 0) is 11.3 Å². The van der Waals surface area contributed by atoms with Crippen molar-refractivity contribution in [1.82, 2.24) is 5.32 Å². The second-order valence-corrected chi connectivity index (χ2v) is 5.86. The Labute approximate surface area is 116 Å². The molecule has 0 aromatic heterocycles. The Hall–Kier alpha value is -0.960. The average molecular weight is 265 g/mol. The number of hydrogen-bond acceptors (Lipinski definition) is 2. The van der Waals surface area contributed by atoms with Gasteiger partial charge in [0.15, 0.2) is 0 Å². The van der Waals surface area contributed by atoms with Crippen LogP contribution in [0.1, 0.15) is 44.7 Å². The van der Waals surface area contributed by atoms with Gasteiger partial charge >= 0.3 is 0 Å². The van der Waals surface area contributed by atoms with Crippen LogP contribution in [0, 0.1) is 5.92 Å². The SMILES string of the molecule is CC(C)c1ccc(CNC(=O)C(S)C(C)C)cc1. The van der Waals surface area contributed by atoms with Crippen LogP contribution in [0.4, 0.5) is 0 Å². The largest absolute Gasteiger partial charge is 0.351 e. The third kappa shape index (κ3) is 4.37. The summed E-state index contributed by atoms with van der Waals surface area (Å²) in [5, 5.41) is 2.68. The molecule has 3 heteroatoms. The zero-order valence-electron chi connectivity index (χ0n) is 11.6. The Balaban J connectivity index is 2.51. The van der Waals surface area contributed by atoms with Crippen LogP contribution in [0.2, 0.25) is 0 Å². The van der Waals surface area contributed by atoms with Crippen molar-refractivity contribution in [3.05, 3.63) is 35.4 Å². The molecular formula is C15H23NOS. The normalized spacial score (nSPS) is 12.8. The summed E-state index contributed by atoms with van der Waals surface area (Å²) in [6.07, 6.45) is 0. The Bertz CT molecular complexity index is 384. The van der Waals surface area contributed by atoms with Gasteiger partial charge in [0.2, 0.25) is 5.91 Å². The summed E-state index contributed by atoms with van der Waals surface area (Å²) in [5.41, 5.74) is 2.44. The van der Waals surface area contributed by atoms with Crippen molar-refractivity contribution in [3.63, 3.8) is 0 Å². The van der Waals surface area contributed by atoms with E-state index in [0.717, 1.165) is 5.56 Å². The lowest BCUT2D eigenvalue weighted by molar-refractivity contribution is -0.121. The highest BCUT2D eigenvalue weighted by Crippen LogP contribution is 2.15. The van der Waals surface area contributed by atoms with Gasteiger partial charge in [-0.15, -0.1) is 0 Å². The lowest BCUT2D eigenvalue weighted by Gasteiger charge is -2.14. The summed E-state index contributed by atoms with van der Waals surface area (Å²) < 4.78 is 0. The van der Waals surface area contributed by atoms with Crippen molar-refractivity contribution in [2.75, 3.05) is 0 Å². The summed E-state index contributed by atoms with van der Waals surface area (Å²) in [4.78, 5) is 11.7. The highest BCUT2D eigenvalue weighted by Gasteiger charge is 2.16. The van der Waals surface area contributed by atoms with Crippen molar-refractivity contribution in [2.24, 2.45) is 5.92 Å². The molecule has 1 amide bonds. The van der Waals surface area contributed by atoms with Crippen LogP contribution >= 0.6 is 12.6 Å². The van der Waals surface area contributed by atoms with Gasteiger partial charge < -0.3 is 5.32 Å². The lowest BCUT2D eigenvalue weighted by atomic mass is 10.0. The molecule has 1 N–H and O–H groups in total. The van der Waals surface area contributed by atoms with E-state index in [0.29, 0.717) is 12.5 Å². The van der Waals surface area contributed by atoms with Gasteiger partial charge in [0.05, 0.1) is 5.25 Å². The van der Waals surface area contributed by atoms with Gasteiger partial charge in [0, 0.05) is 6.54 Å². The first-order valence-electron chi connectivity index (χ1n) is 6.46. The van der Waals surface area contributed by atoms with Gasteiger partial charge in [-0.2, -0.15) is 12.6 Å². The van der Waals surface area contributed by atoms with Crippen LogP contribution in [0.25, 0.3) is 0 Å². The number of thiol groups is 1. The minimum atomic E-state index is -0.236. The highest BCUT2D eigenvalue weighted by atomic mass is 32.1. The summed E-state index contributed by atoms with van der Waals surface area (Å²) >= 11 is 4.30. The van der Waals surface area contributed by atoms with Crippen molar-refractivity contribution in [3.8, 4) is 0 Å². The lowest BCUT2D eigenvalue weighted by Crippen LogP contribution is -2.33. The van der Waals surface area contributed by atoms with Crippen LogP contribution in [0.15, 0.2) is 24.3 Å². The quantitative estimate of drug-likeness (QED) is 0.785. The molecule has 0 aliphatic carbocycles. The van der Waals surface area contributed by atoms with Crippen molar-refractivity contribution in [2.45, 2.75) is 45.4 Å². The topological polar surface area (TPSA) is 29.1 Å². The van der Waals surface area contributed by atoms with Gasteiger partial charge in [-0.05, 0) is 23.0 Å². The van der Waals surface area contributed by atoms with Crippen LogP contribution in [-0.4, -0.2) is 11.2 Å². The minimum Gasteiger partial charge on any atom is -0.351 e.